The largest absolute Gasteiger partial charge is 0.496 e. The molecule has 0 spiro atoms. The second-order valence-electron chi connectivity index (χ2n) is 27.4. The molecule has 6 nitrogen and oxygen atoms in total. The summed E-state index contributed by atoms with van der Waals surface area (Å²) in [5.74, 6) is 4.38. The van der Waals surface area contributed by atoms with Crippen molar-refractivity contribution >= 4 is 104 Å². The molecule has 0 radical (unpaired) electrons. The smallest absolute Gasteiger partial charge is 0.123 e. The minimum Gasteiger partial charge on any atom is -0.496 e. The van der Waals surface area contributed by atoms with E-state index in [0.717, 1.165) is 36.0 Å². The molecule has 1 fully saturated rings. The van der Waals surface area contributed by atoms with Gasteiger partial charge in [-0.15, -0.1) is 11.8 Å². The highest BCUT2D eigenvalue weighted by Gasteiger charge is 2.31. The van der Waals surface area contributed by atoms with Gasteiger partial charge in [-0.05, 0) is 179 Å². The molecule has 0 saturated heterocycles. The first-order valence-electron chi connectivity index (χ1n) is 32.4. The van der Waals surface area contributed by atoms with Crippen molar-refractivity contribution < 1.29 is 9.47 Å². The summed E-state index contributed by atoms with van der Waals surface area (Å²) in [5, 5.41) is 0. The summed E-state index contributed by atoms with van der Waals surface area (Å²) >= 11 is 9.54. The Morgan fingerprint density at radius 2 is 0.889 bits per heavy atom. The minimum absolute atomic E-state index is 0.182. The lowest BCUT2D eigenvalue weighted by Crippen LogP contribution is -2.18. The van der Waals surface area contributed by atoms with Crippen LogP contribution in [0.3, 0.4) is 0 Å². The van der Waals surface area contributed by atoms with Crippen LogP contribution < -0.4 is 29.1 Å². The van der Waals surface area contributed by atoms with Crippen LogP contribution in [0.5, 0.6) is 11.5 Å². The van der Waals surface area contributed by atoms with E-state index >= 15 is 0 Å². The number of nitrogens with zero attached hydrogens (tertiary/aromatic N) is 4. The molecular weight excluding hydrogens is 1200 g/mol. The average Bonchev–Trinajstić information content (AvgIpc) is 0.822. The minimum atomic E-state index is 0.182. The molecule has 4 heterocycles. The van der Waals surface area contributed by atoms with Gasteiger partial charge >= 0.3 is 0 Å². The summed E-state index contributed by atoms with van der Waals surface area (Å²) in [5.41, 5.74) is 19.4. The molecule has 474 valence electrons. The lowest BCUT2D eigenvalue weighted by atomic mass is 9.78. The van der Waals surface area contributed by atoms with Crippen molar-refractivity contribution in [1.29, 1.82) is 0 Å². The van der Waals surface area contributed by atoms with E-state index in [-0.39, 0.29) is 16.2 Å². The average molecular weight is 1290 g/mol. The van der Waals surface area contributed by atoms with Gasteiger partial charge in [0.1, 0.15) is 11.5 Å². The zero-order chi connectivity index (χ0) is 64.6. The number of methoxy groups -OCH3 is 2. The van der Waals surface area contributed by atoms with Crippen molar-refractivity contribution in [1.82, 2.24) is 0 Å². The first kappa shape index (κ1) is 67.2. The molecule has 8 aromatic rings. The molecule has 1 unspecified atom stereocenters. The van der Waals surface area contributed by atoms with Crippen molar-refractivity contribution in [2.45, 2.75) is 195 Å². The van der Waals surface area contributed by atoms with E-state index in [1.54, 1.807) is 19.8 Å². The second kappa shape index (κ2) is 27.9. The van der Waals surface area contributed by atoms with Gasteiger partial charge in [-0.2, -0.15) is 0 Å². The van der Waals surface area contributed by atoms with Crippen LogP contribution in [0.2, 0.25) is 0 Å². The molecule has 5 aliphatic rings. The Labute approximate surface area is 562 Å². The Kier molecular flexibility index (Phi) is 20.8. The maximum Gasteiger partial charge on any atom is 0.123 e. The number of para-hydroxylation sites is 1. The third-order valence-corrected chi connectivity index (χ3v) is 24.4. The van der Waals surface area contributed by atoms with E-state index < -0.39 is 0 Å². The van der Waals surface area contributed by atoms with Crippen LogP contribution in [0.1, 0.15) is 161 Å². The number of hydrogen-bond acceptors (Lipinski definition) is 11. The third-order valence-electron chi connectivity index (χ3n) is 18.7. The molecule has 0 amide bonds. The van der Waals surface area contributed by atoms with Gasteiger partial charge in [0.15, 0.2) is 0 Å². The third kappa shape index (κ3) is 14.0. The molecule has 8 aromatic carbocycles. The molecule has 90 heavy (non-hydrogen) atoms. The normalized spacial score (nSPS) is 14.9. The molecule has 0 bridgehead atoms. The van der Waals surface area contributed by atoms with Gasteiger partial charge in [-0.1, -0.05) is 192 Å². The molecule has 4 aliphatic heterocycles. The Morgan fingerprint density at radius 1 is 0.456 bits per heavy atom. The first-order chi connectivity index (χ1) is 42.9. The predicted molar refractivity (Wildman–Crippen MR) is 395 cm³/mol. The van der Waals surface area contributed by atoms with Gasteiger partial charge < -0.3 is 29.1 Å². The van der Waals surface area contributed by atoms with Crippen LogP contribution in [0.4, 0.5) is 45.5 Å². The molecule has 0 N–H and O–H groups in total. The van der Waals surface area contributed by atoms with Crippen molar-refractivity contribution in [2.24, 2.45) is 5.41 Å². The number of hydrogen-bond donors (Lipinski definition) is 0. The predicted octanol–water partition coefficient (Wildman–Crippen LogP) is 24.3. The molecule has 1 aliphatic carbocycles. The van der Waals surface area contributed by atoms with Crippen molar-refractivity contribution in [3.8, 4) is 11.5 Å². The highest BCUT2D eigenvalue weighted by atomic mass is 32.2. The van der Waals surface area contributed by atoms with E-state index in [1.165, 1.54) is 143 Å². The Hall–Kier alpha value is -5.69. The van der Waals surface area contributed by atoms with Gasteiger partial charge in [-0.25, -0.2) is 0 Å². The van der Waals surface area contributed by atoms with Gasteiger partial charge in [0.05, 0.1) is 59.7 Å². The highest BCUT2D eigenvalue weighted by molar-refractivity contribution is 8.02. The van der Waals surface area contributed by atoms with Gasteiger partial charge in [0.25, 0.3) is 0 Å². The van der Waals surface area contributed by atoms with E-state index in [0.29, 0.717) is 5.92 Å². The van der Waals surface area contributed by atoms with Crippen molar-refractivity contribution in [3.05, 3.63) is 173 Å². The molecule has 0 aromatic heterocycles. The lowest BCUT2D eigenvalue weighted by Gasteiger charge is -2.33. The number of rotatable bonds is 8. The zero-order valence-corrected chi connectivity index (χ0v) is 61.1. The molecular formula is C79H96N4O2S5. The van der Waals surface area contributed by atoms with Crippen molar-refractivity contribution in [3.63, 3.8) is 0 Å². The van der Waals surface area contributed by atoms with Crippen LogP contribution in [-0.4, -0.2) is 48.2 Å². The zero-order valence-electron chi connectivity index (χ0n) is 57.0. The summed E-state index contributed by atoms with van der Waals surface area (Å²) in [6.07, 6.45) is 7.45. The lowest BCUT2D eigenvalue weighted by molar-refractivity contribution is 0.339. The van der Waals surface area contributed by atoms with Crippen LogP contribution in [0, 0.1) is 5.41 Å². The summed E-state index contributed by atoms with van der Waals surface area (Å²) in [6.45, 7) is 29.5. The number of anilines is 8. The van der Waals surface area contributed by atoms with E-state index in [9.17, 15) is 0 Å². The van der Waals surface area contributed by atoms with Crippen molar-refractivity contribution in [2.75, 3.05) is 67.8 Å². The molecule has 13 rings (SSSR count). The summed E-state index contributed by atoms with van der Waals surface area (Å²) in [4.78, 5) is 21.5. The standard InChI is InChI=1S/C21H27NS2.C21H27NS.C19H23NO2S.C18H19NS/c1-7-23-18-10-8-9-17-20(18)24-19-13-15(14(2)21(3,4)5)11-12-16(19)22(17)6;1-20(2,3)14-8-10-16-18(12-14)23-19-13-15(21(4,5)6)9-11-17(19)22(16)7;1-6-12-16(21-4)10-8-14-18(12)23-19-13(7-2)17(22-5)11-9-15(19)20(14)3;1-19-15-8-4-5-9-17(15)20-18-12-14(10-11-16(18)19)13-6-2-3-7-13/h8-14H,7H2,1-6H3;8-13H,1-7H3;8-11H,6-7H2,1-5H3;4-5,8-13H,2-3,6-7H2,1H3. The fourth-order valence-electron chi connectivity index (χ4n) is 12.7. The second-order valence-corrected chi connectivity index (χ2v) is 33.0. The Morgan fingerprint density at radius 3 is 1.40 bits per heavy atom. The quantitative estimate of drug-likeness (QED) is 0.136. The van der Waals surface area contributed by atoms with Crippen LogP contribution in [0.15, 0.2) is 184 Å². The van der Waals surface area contributed by atoms with Gasteiger partial charge in [0.2, 0.25) is 0 Å². The topological polar surface area (TPSA) is 31.4 Å². The van der Waals surface area contributed by atoms with Gasteiger partial charge in [0, 0.05) is 83.4 Å². The summed E-state index contributed by atoms with van der Waals surface area (Å²) < 4.78 is 11.1. The number of thioether (sulfide) groups is 1. The molecule has 1 saturated carbocycles. The van der Waals surface area contributed by atoms with Crippen LogP contribution in [0.25, 0.3) is 0 Å². The SMILES string of the molecule is CCSc1cccc2c1Sc1cc(C(C)C(C)(C)C)ccc1N2C.CCc1c(OC)ccc2c1Sc1c(ccc(OC)c1CC)N2C.CN1c2ccc(C(C)(C)C)cc2Sc2cc(C(C)(C)C)ccc21.CN1c2ccccc2Sc2cc(C3CCCC3)ccc21. The molecule has 1 atom stereocenters. The maximum absolute atomic E-state index is 5.57. The maximum atomic E-state index is 5.57. The number of ether oxygens (including phenoxy) is 2. The fraction of sp³-hybridized carbons (Fsp3) is 0.392. The monoisotopic (exact) mass is 1290 g/mol. The highest BCUT2D eigenvalue weighted by Crippen LogP contribution is 2.56. The van der Waals surface area contributed by atoms with Crippen LogP contribution >= 0.6 is 58.8 Å². The van der Waals surface area contributed by atoms with Gasteiger partial charge in [-0.3, -0.25) is 0 Å². The first-order valence-corrected chi connectivity index (χ1v) is 36.6. The van der Waals surface area contributed by atoms with E-state index in [4.69, 9.17) is 9.47 Å². The summed E-state index contributed by atoms with van der Waals surface area (Å²) in [6, 6.07) is 51.7. The summed E-state index contributed by atoms with van der Waals surface area (Å²) in [7, 11) is 12.1. The van der Waals surface area contributed by atoms with E-state index in [1.807, 2.05) is 58.8 Å². The van der Waals surface area contributed by atoms with Crippen LogP contribution in [-0.2, 0) is 23.7 Å². The number of benzene rings is 8. The molecule has 11 heteroatoms. The van der Waals surface area contributed by atoms with E-state index in [2.05, 4.69) is 277 Å². The fourth-order valence-corrected chi connectivity index (χ4v) is 18.9. The Balaban J connectivity index is 0.000000132. The Bertz CT molecular complexity index is 3760. The number of fused-ring (bicyclic) bond motifs is 8.